The second-order valence-electron chi connectivity index (χ2n) is 8.91. The molecule has 0 N–H and O–H groups in total. The summed E-state index contributed by atoms with van der Waals surface area (Å²) in [5.74, 6) is 0. The van der Waals surface area contributed by atoms with E-state index in [-0.39, 0.29) is 46.0 Å². The first-order valence-electron chi connectivity index (χ1n) is 16.0. The summed E-state index contributed by atoms with van der Waals surface area (Å²) >= 11 is 1.65. The Balaban J connectivity index is 1.37. The molecule has 8 rings (SSSR count). The molecule has 0 fully saturated rings. The normalized spacial score (nSPS) is 14.6. The summed E-state index contributed by atoms with van der Waals surface area (Å²) < 4.78 is 72.0. The molecule has 0 saturated heterocycles. The van der Waals surface area contributed by atoms with E-state index >= 15 is 0 Å². The Morgan fingerprint density at radius 3 is 2.13 bits per heavy atom. The lowest BCUT2D eigenvalue weighted by Crippen LogP contribution is -1.94. The monoisotopic (exact) mass is 511 g/mol. The van der Waals surface area contributed by atoms with Gasteiger partial charge < -0.3 is 4.57 Å². The van der Waals surface area contributed by atoms with Crippen molar-refractivity contribution in [1.29, 1.82) is 0 Å². The highest BCUT2D eigenvalue weighted by atomic mass is 32.1. The van der Waals surface area contributed by atoms with Gasteiger partial charge in [0.1, 0.15) is 6.33 Å². The Labute approximate surface area is 234 Å². The molecular formula is C34H21N3S. The van der Waals surface area contributed by atoms with Crippen LogP contribution in [0.1, 0.15) is 11.0 Å². The van der Waals surface area contributed by atoms with Crippen molar-refractivity contribution in [2.24, 2.45) is 0 Å². The van der Waals surface area contributed by atoms with Crippen LogP contribution in [0.2, 0.25) is 0 Å². The van der Waals surface area contributed by atoms with E-state index in [0.29, 0.717) is 5.69 Å². The zero-order valence-corrected chi connectivity index (χ0v) is 20.6. The summed E-state index contributed by atoms with van der Waals surface area (Å²) in [4.78, 5) is 9.22. The number of hydrogen-bond acceptors (Lipinski definition) is 3. The summed E-state index contributed by atoms with van der Waals surface area (Å²) in [6.07, 6.45) is 1.58. The average molecular weight is 512 g/mol. The standard InChI is InChI=1S/C34H21N3S/c1-4-16-29-26(13-1)27-14-2-5-17-30(27)37(29)25-12-8-10-23(20-25)22-9-7-11-24(19-22)32-34-33(36-21-35-32)28-15-3-6-18-31(28)38-34/h1-21H/i1D,2D,4D,5D,13D,14D,16D,17D. The van der Waals surface area contributed by atoms with Gasteiger partial charge in [0.25, 0.3) is 0 Å². The molecule has 3 heterocycles. The molecule has 3 nitrogen and oxygen atoms in total. The van der Waals surface area contributed by atoms with Gasteiger partial charge in [0.15, 0.2) is 0 Å². The maximum absolute atomic E-state index is 8.81. The molecule has 8 aromatic rings. The highest BCUT2D eigenvalue weighted by molar-refractivity contribution is 7.26. The Bertz CT molecular complexity index is 2510. The quantitative estimate of drug-likeness (QED) is 0.237. The Morgan fingerprint density at radius 2 is 1.32 bits per heavy atom. The SMILES string of the molecule is [2H]c1c([2H])c([2H])c2c(c1[2H])c1c([2H])c([2H])c([2H])c([2H])c1n2-c1cccc(-c2cccc(-c3ncnc4c3sc3ccccc34)c2)c1. The number of aromatic nitrogens is 3. The minimum absolute atomic E-state index is 0.0523. The van der Waals surface area contributed by atoms with Gasteiger partial charge in [-0.1, -0.05) is 84.8 Å². The van der Waals surface area contributed by atoms with Crippen LogP contribution in [-0.2, 0) is 0 Å². The van der Waals surface area contributed by atoms with Crippen LogP contribution in [0.4, 0.5) is 0 Å². The molecule has 0 aliphatic rings. The van der Waals surface area contributed by atoms with Crippen molar-refractivity contribution in [1.82, 2.24) is 14.5 Å². The van der Waals surface area contributed by atoms with Crippen molar-refractivity contribution in [3.8, 4) is 28.1 Å². The number of fused-ring (bicyclic) bond motifs is 6. The number of nitrogens with zero attached hydrogens (tertiary/aromatic N) is 3. The summed E-state index contributed by atoms with van der Waals surface area (Å²) in [7, 11) is 0. The van der Waals surface area contributed by atoms with Crippen LogP contribution in [0.5, 0.6) is 0 Å². The largest absolute Gasteiger partial charge is 0.309 e. The first-order valence-corrected chi connectivity index (χ1v) is 12.8. The van der Waals surface area contributed by atoms with Gasteiger partial charge in [0.05, 0.1) is 37.9 Å². The van der Waals surface area contributed by atoms with Crippen molar-refractivity contribution in [2.75, 3.05) is 0 Å². The van der Waals surface area contributed by atoms with Crippen LogP contribution in [-0.4, -0.2) is 14.5 Å². The molecule has 178 valence electrons. The summed E-state index contributed by atoms with van der Waals surface area (Å²) in [6.45, 7) is 0. The number of thiophene rings is 1. The molecule has 0 saturated carbocycles. The van der Waals surface area contributed by atoms with Crippen LogP contribution >= 0.6 is 11.3 Å². The fourth-order valence-corrected chi connectivity index (χ4v) is 6.25. The number of para-hydroxylation sites is 2. The molecule has 0 aliphatic heterocycles. The van der Waals surface area contributed by atoms with Crippen molar-refractivity contribution in [3.05, 3.63) is 127 Å². The topological polar surface area (TPSA) is 30.7 Å². The average Bonchev–Trinajstić information content (AvgIpc) is 3.65. The van der Waals surface area contributed by atoms with E-state index in [1.54, 1.807) is 23.7 Å². The maximum atomic E-state index is 8.81. The number of hydrogen-bond donors (Lipinski definition) is 0. The van der Waals surface area contributed by atoms with Gasteiger partial charge in [0.2, 0.25) is 0 Å². The van der Waals surface area contributed by atoms with Crippen LogP contribution in [0.15, 0.2) is 127 Å². The van der Waals surface area contributed by atoms with E-state index in [9.17, 15) is 0 Å². The van der Waals surface area contributed by atoms with Gasteiger partial charge in [-0.25, -0.2) is 9.97 Å². The number of rotatable bonds is 3. The second-order valence-corrected chi connectivity index (χ2v) is 9.96. The van der Waals surface area contributed by atoms with E-state index in [1.165, 1.54) is 4.57 Å². The highest BCUT2D eigenvalue weighted by Crippen LogP contribution is 2.38. The van der Waals surface area contributed by atoms with Crippen LogP contribution in [0.25, 0.3) is 70.2 Å². The van der Waals surface area contributed by atoms with E-state index in [0.717, 1.165) is 42.7 Å². The van der Waals surface area contributed by atoms with E-state index in [4.69, 9.17) is 11.0 Å². The molecule has 0 atom stereocenters. The third kappa shape index (κ3) is 3.21. The fraction of sp³-hybridized carbons (Fsp3) is 0. The summed E-state index contributed by atoms with van der Waals surface area (Å²) in [5.41, 5.74) is 4.97. The van der Waals surface area contributed by atoms with E-state index in [1.807, 2.05) is 54.6 Å². The van der Waals surface area contributed by atoms with Crippen LogP contribution < -0.4 is 0 Å². The first kappa shape index (κ1) is 14.8. The molecule has 0 unspecified atom stereocenters. The van der Waals surface area contributed by atoms with Crippen molar-refractivity contribution in [2.45, 2.75) is 0 Å². The molecule has 38 heavy (non-hydrogen) atoms. The molecular weight excluding hydrogens is 482 g/mol. The fourth-order valence-electron chi connectivity index (χ4n) is 5.08. The third-order valence-corrected chi connectivity index (χ3v) is 7.93. The van der Waals surface area contributed by atoms with Gasteiger partial charge in [0, 0.05) is 32.1 Å². The molecule has 0 spiro atoms. The Hall–Kier alpha value is -4.80. The van der Waals surface area contributed by atoms with Crippen LogP contribution in [0, 0.1) is 0 Å². The van der Waals surface area contributed by atoms with Gasteiger partial charge in [-0.15, -0.1) is 11.3 Å². The molecule has 0 bridgehead atoms. The van der Waals surface area contributed by atoms with Gasteiger partial charge in [-0.05, 0) is 47.5 Å². The molecule has 0 amide bonds. The lowest BCUT2D eigenvalue weighted by atomic mass is 10.0. The molecule has 3 aromatic heterocycles. The van der Waals surface area contributed by atoms with E-state index < -0.39 is 24.2 Å². The smallest absolute Gasteiger partial charge is 0.116 e. The lowest BCUT2D eigenvalue weighted by molar-refractivity contribution is 1.18. The maximum Gasteiger partial charge on any atom is 0.116 e. The summed E-state index contributed by atoms with van der Waals surface area (Å²) in [5, 5.41) is 1.19. The molecule has 0 radical (unpaired) electrons. The van der Waals surface area contributed by atoms with Gasteiger partial charge in [-0.3, -0.25) is 0 Å². The second kappa shape index (κ2) is 8.37. The molecule has 5 aromatic carbocycles. The Morgan fingerprint density at radius 1 is 0.632 bits per heavy atom. The highest BCUT2D eigenvalue weighted by Gasteiger charge is 2.14. The lowest BCUT2D eigenvalue weighted by Gasteiger charge is -2.11. The Kier molecular flexibility index (Phi) is 3.26. The predicted molar refractivity (Wildman–Crippen MR) is 160 cm³/mol. The summed E-state index contributed by atoms with van der Waals surface area (Å²) in [6, 6.07) is 20.3. The predicted octanol–water partition coefficient (Wildman–Crippen LogP) is 9.28. The van der Waals surface area contributed by atoms with Crippen molar-refractivity contribution < 1.29 is 11.0 Å². The third-order valence-electron chi connectivity index (χ3n) is 6.76. The number of benzene rings is 5. The van der Waals surface area contributed by atoms with Crippen molar-refractivity contribution >= 4 is 53.4 Å². The molecule has 0 aliphatic carbocycles. The van der Waals surface area contributed by atoms with Gasteiger partial charge in [-0.2, -0.15) is 0 Å². The zero-order valence-electron chi connectivity index (χ0n) is 27.8. The van der Waals surface area contributed by atoms with Crippen molar-refractivity contribution in [3.63, 3.8) is 0 Å². The van der Waals surface area contributed by atoms with Crippen LogP contribution in [0.3, 0.4) is 0 Å². The minimum atomic E-state index is -0.466. The molecule has 4 heteroatoms. The first-order chi connectivity index (χ1) is 22.2. The zero-order chi connectivity index (χ0) is 32.0. The van der Waals surface area contributed by atoms with E-state index in [2.05, 4.69) is 22.1 Å². The van der Waals surface area contributed by atoms with Gasteiger partial charge >= 0.3 is 0 Å². The minimum Gasteiger partial charge on any atom is -0.309 e.